The van der Waals surface area contributed by atoms with Gasteiger partial charge in [0.1, 0.15) is 59.5 Å². The van der Waals surface area contributed by atoms with E-state index in [1.807, 2.05) is 0 Å². The highest BCUT2D eigenvalue weighted by Crippen LogP contribution is 2.37. The Morgan fingerprint density at radius 1 is 0.977 bits per heavy atom. The molecule has 0 aromatic heterocycles. The van der Waals surface area contributed by atoms with Gasteiger partial charge in [-0.2, -0.15) is 0 Å². The van der Waals surface area contributed by atoms with Gasteiger partial charge >= 0.3 is 5.97 Å². The molecule has 0 bridgehead atoms. The van der Waals surface area contributed by atoms with Crippen LogP contribution in [0.5, 0.6) is 0 Å². The molecule has 1 amide bonds. The number of nitrogens with two attached hydrogens (primary N) is 1. The fourth-order valence-electron chi connectivity index (χ4n) is 4.76. The lowest BCUT2D eigenvalue weighted by atomic mass is 9.54. The highest BCUT2D eigenvalue weighted by atomic mass is 35.5. The molecule has 0 aliphatic carbocycles. The van der Waals surface area contributed by atoms with Gasteiger partial charge in [0, 0.05) is 16.8 Å². The quantitative estimate of drug-likeness (QED) is 0.0637. The molecule has 0 aliphatic rings. The third kappa shape index (κ3) is 8.80. The largest absolute Gasteiger partial charge is 0.464 e. The number of hydrogen-bond donors (Lipinski definition) is 5. The molecule has 0 saturated heterocycles. The van der Waals surface area contributed by atoms with E-state index in [-0.39, 0.29) is 19.4 Å². The first kappa shape index (κ1) is 37.2. The van der Waals surface area contributed by atoms with Crippen molar-refractivity contribution < 1.29 is 34.0 Å². The summed E-state index contributed by atoms with van der Waals surface area (Å²) in [5.74, 6) is -1.65. The molecule has 0 aliphatic heterocycles. The van der Waals surface area contributed by atoms with Gasteiger partial charge in [-0.15, -0.1) is 11.6 Å². The van der Waals surface area contributed by atoms with Gasteiger partial charge in [-0.05, 0) is 36.6 Å². The van der Waals surface area contributed by atoms with E-state index in [2.05, 4.69) is 5.32 Å². The predicted octanol–water partition coefficient (Wildman–Crippen LogP) is -7.46. The summed E-state index contributed by atoms with van der Waals surface area (Å²) < 4.78 is 17.1. The molecule has 0 heterocycles. The number of nitrogens with zero attached hydrogens (tertiary/aromatic N) is 1. The lowest BCUT2D eigenvalue weighted by Gasteiger charge is -2.57. The molecular formula is C24H37B7Cl2FN3O6. The highest BCUT2D eigenvalue weighted by Gasteiger charge is 2.55. The van der Waals surface area contributed by atoms with E-state index >= 15 is 0 Å². The molecule has 9 nitrogen and oxygen atoms in total. The van der Waals surface area contributed by atoms with Crippen LogP contribution in [0.25, 0.3) is 0 Å². The first-order chi connectivity index (χ1) is 19.5. The number of hydrogen-bond acceptors (Lipinski definition) is 8. The predicted molar refractivity (Wildman–Crippen MR) is 188 cm³/mol. The fraction of sp³-hybridized carbons (Fsp3) is 0.417. The van der Waals surface area contributed by atoms with Gasteiger partial charge in [0.05, 0.1) is 12.6 Å². The van der Waals surface area contributed by atoms with E-state index < -0.39 is 50.7 Å². The molecule has 5 unspecified atom stereocenters. The number of esters is 1. The third-order valence-electron chi connectivity index (χ3n) is 7.67. The minimum Gasteiger partial charge on any atom is -0.464 e. The first-order valence-corrected chi connectivity index (χ1v) is 14.7. The number of aliphatic hydroxyl groups is 3. The maximum absolute atomic E-state index is 13.3. The Labute approximate surface area is 268 Å². The number of halogens is 3. The minimum atomic E-state index is -2.21. The first-order valence-electron chi connectivity index (χ1n) is 14.0. The molecule has 43 heavy (non-hydrogen) atoms. The van der Waals surface area contributed by atoms with Crippen molar-refractivity contribution in [2.24, 2.45) is 5.73 Å². The smallest absolute Gasteiger partial charge is 0.328 e. The molecule has 2 aromatic carbocycles. The summed E-state index contributed by atoms with van der Waals surface area (Å²) in [5, 5.41) is 36.4. The van der Waals surface area contributed by atoms with Gasteiger partial charge in [0.15, 0.2) is 23.5 Å². The summed E-state index contributed by atoms with van der Waals surface area (Å²) in [4.78, 5) is 24.7. The molecule has 226 valence electrons. The lowest BCUT2D eigenvalue weighted by Crippen LogP contribution is -2.77. The lowest BCUT2D eigenvalue weighted by molar-refractivity contribution is -0.147. The maximum Gasteiger partial charge on any atom is 0.328 e. The summed E-state index contributed by atoms with van der Waals surface area (Å²) in [6, 6.07) is 6.96. The van der Waals surface area contributed by atoms with Gasteiger partial charge in [-0.3, -0.25) is 4.79 Å². The zero-order chi connectivity index (χ0) is 33.1. The fourth-order valence-corrected chi connectivity index (χ4v) is 4.93. The van der Waals surface area contributed by atoms with Crippen molar-refractivity contribution in [1.29, 1.82) is 0 Å². The number of anilines is 1. The summed E-state index contributed by atoms with van der Waals surface area (Å²) in [6.07, 6.45) is 0.169. The van der Waals surface area contributed by atoms with E-state index in [0.29, 0.717) is 27.7 Å². The van der Waals surface area contributed by atoms with Crippen LogP contribution >= 0.6 is 23.2 Å². The number of ether oxygens (including phenoxy) is 1. The second-order valence-corrected chi connectivity index (χ2v) is 13.5. The molecule has 0 fully saturated rings. The van der Waals surface area contributed by atoms with E-state index in [1.165, 1.54) is 52.7 Å². The van der Waals surface area contributed by atoms with Crippen LogP contribution in [0.1, 0.15) is 18.1 Å². The molecule has 0 spiro atoms. The Morgan fingerprint density at radius 3 is 1.93 bits per heavy atom. The molecule has 0 radical (unpaired) electrons. The molecule has 2 rings (SSSR count). The Hall–Kier alpha value is -2.02. The number of amides is 1. The molecule has 2 aromatic rings. The normalized spacial score (nSPS) is 17.4. The van der Waals surface area contributed by atoms with Crippen molar-refractivity contribution in [1.82, 2.24) is 5.32 Å². The highest BCUT2D eigenvalue weighted by molar-refractivity contribution is 6.66. The van der Waals surface area contributed by atoms with Crippen LogP contribution < -0.4 is 26.9 Å². The van der Waals surface area contributed by atoms with Gasteiger partial charge in [-0.25, -0.2) is 9.18 Å². The zero-order valence-electron chi connectivity index (χ0n) is 26.0. The number of carbonyl (C=O) groups is 2. The Bertz CT molecular complexity index is 1260. The Balaban J connectivity index is 2.39. The van der Waals surface area contributed by atoms with Crippen molar-refractivity contribution in [2.45, 2.75) is 52.7 Å². The summed E-state index contributed by atoms with van der Waals surface area (Å²) >= 11 is 12.8. The van der Waals surface area contributed by atoms with Gasteiger partial charge in [0.2, 0.25) is 5.91 Å². The molecule has 19 heteroatoms. The van der Waals surface area contributed by atoms with E-state index in [0.717, 1.165) is 0 Å². The van der Waals surface area contributed by atoms with Crippen molar-refractivity contribution in [3.63, 3.8) is 0 Å². The van der Waals surface area contributed by atoms with Crippen molar-refractivity contribution in [3.05, 3.63) is 53.3 Å². The summed E-state index contributed by atoms with van der Waals surface area (Å²) in [6.45, 7) is 1.76. The van der Waals surface area contributed by atoms with Gasteiger partial charge in [0.25, 0.3) is 0 Å². The van der Waals surface area contributed by atoms with Crippen molar-refractivity contribution in [2.75, 3.05) is 11.5 Å². The maximum atomic E-state index is 13.3. The molecule has 6 N–H and O–H groups in total. The third-order valence-corrected chi connectivity index (χ3v) is 8.39. The average Bonchev–Trinajstić information content (AvgIpc) is 2.85. The van der Waals surface area contributed by atoms with Crippen LogP contribution in [-0.2, 0) is 27.2 Å². The standard InChI is InChI=1S/C24H37B7Cl2FN3O6/c1-2-43-20(39)17(10-11-3-5-13(34)6-4-11)36-19(38)16(35)9-12-7-14(25)18(15(26)8-12)37(23(30,41)21(27,28)32)24(31,42)22(29,33)40/h3-8,16-17,40-42H,2,9-10,25-31,35H2,1H3,(H,36,38). The number of carbonyl (C=O) groups excluding carboxylic acids is 2. The van der Waals surface area contributed by atoms with Crippen LogP contribution in [0.4, 0.5) is 10.1 Å². The van der Waals surface area contributed by atoms with E-state index in [4.69, 9.17) is 33.7 Å². The summed E-state index contributed by atoms with van der Waals surface area (Å²) in [5.41, 5.74) is 4.95. The number of nitrogens with one attached hydrogen (secondary N) is 1. The topological polar surface area (TPSA) is 145 Å². The van der Waals surface area contributed by atoms with Crippen molar-refractivity contribution >= 4 is 107 Å². The van der Waals surface area contributed by atoms with Crippen molar-refractivity contribution in [3.8, 4) is 0 Å². The van der Waals surface area contributed by atoms with Gasteiger partial charge in [-0.1, -0.05) is 46.8 Å². The second kappa shape index (κ2) is 14.0. The monoisotopic (exact) mass is 629 g/mol. The van der Waals surface area contributed by atoms with Crippen LogP contribution in [0, 0.1) is 5.82 Å². The molecular weight excluding hydrogens is 592 g/mol. The number of benzene rings is 2. The summed E-state index contributed by atoms with van der Waals surface area (Å²) in [7, 11) is 10.5. The molecule has 5 atom stereocenters. The van der Waals surface area contributed by atoms with Gasteiger partial charge < -0.3 is 36.0 Å². The zero-order valence-corrected chi connectivity index (χ0v) is 27.5. The number of rotatable bonds is 13. The van der Waals surface area contributed by atoms with Crippen LogP contribution in [0.3, 0.4) is 0 Å². The Morgan fingerprint density at radius 2 is 1.49 bits per heavy atom. The number of alkyl halides is 2. The average molecular weight is 629 g/mol. The SMILES string of the molecule is Bc1cc(CC(N)C(=O)NC(Cc2ccc(F)cc2)C(=O)OCC)cc(B)c1N(C(B)(O)C(B)(B)Cl)C(B)(O)C(B)(O)Cl. The van der Waals surface area contributed by atoms with E-state index in [1.54, 1.807) is 50.4 Å². The minimum absolute atomic E-state index is 0.0842. The van der Waals surface area contributed by atoms with Crippen LogP contribution in [0.15, 0.2) is 36.4 Å². The molecule has 0 saturated carbocycles. The van der Waals surface area contributed by atoms with Crippen LogP contribution in [-0.4, -0.2) is 122 Å². The second-order valence-electron chi connectivity index (χ2n) is 11.8. The van der Waals surface area contributed by atoms with Crippen LogP contribution in [0.2, 0.25) is 0 Å². The Kier molecular flexibility index (Phi) is 12.1. The van der Waals surface area contributed by atoms with E-state index in [9.17, 15) is 29.3 Å².